The number of amides is 1. The van der Waals surface area contributed by atoms with Gasteiger partial charge in [0.25, 0.3) is 5.91 Å². The maximum Gasteiger partial charge on any atom is 0.250 e. The van der Waals surface area contributed by atoms with Crippen LogP contribution < -0.4 is 5.43 Å². The predicted octanol–water partition coefficient (Wildman–Crippen LogP) is 5.39. The van der Waals surface area contributed by atoms with Gasteiger partial charge >= 0.3 is 0 Å². The summed E-state index contributed by atoms with van der Waals surface area (Å²) in [7, 11) is 0. The summed E-state index contributed by atoms with van der Waals surface area (Å²) in [6, 6.07) is 25.3. The number of rotatable bonds is 8. The van der Waals surface area contributed by atoms with E-state index >= 15 is 0 Å². The second-order valence-corrected chi connectivity index (χ2v) is 8.54. The number of hydrogen-bond donors (Lipinski definition) is 1. The number of carbonyl (C=O) groups is 1. The van der Waals surface area contributed by atoms with Gasteiger partial charge in [-0.05, 0) is 41.8 Å². The zero-order chi connectivity index (χ0) is 23.0. The molecule has 0 atom stereocenters. The molecule has 0 saturated carbocycles. The Morgan fingerprint density at radius 3 is 2.45 bits per heavy atom. The second-order valence-electron chi connectivity index (χ2n) is 7.16. The number of benzene rings is 3. The number of hydrogen-bond acceptors (Lipinski definition) is 5. The topological polar surface area (TPSA) is 72.2 Å². The van der Waals surface area contributed by atoms with Crippen LogP contribution in [0.5, 0.6) is 0 Å². The van der Waals surface area contributed by atoms with Gasteiger partial charge in [-0.3, -0.25) is 9.36 Å². The SMILES string of the molecule is CCc1ccc(/C=N/NC(=O)CSc2nnc(-c3ccccc3)n2-c2ccc(Cl)cc2)cc1. The van der Waals surface area contributed by atoms with E-state index in [1.807, 2.05) is 83.4 Å². The van der Waals surface area contributed by atoms with Crippen LogP contribution in [0.1, 0.15) is 18.1 Å². The van der Waals surface area contributed by atoms with E-state index in [9.17, 15) is 4.79 Å². The molecule has 1 amide bonds. The highest BCUT2D eigenvalue weighted by atomic mass is 35.5. The van der Waals surface area contributed by atoms with Crippen molar-refractivity contribution in [2.24, 2.45) is 5.10 Å². The van der Waals surface area contributed by atoms with E-state index < -0.39 is 0 Å². The van der Waals surface area contributed by atoms with Crippen molar-refractivity contribution in [2.75, 3.05) is 5.75 Å². The summed E-state index contributed by atoms with van der Waals surface area (Å²) in [5, 5.41) is 14.0. The van der Waals surface area contributed by atoms with Crippen molar-refractivity contribution in [3.8, 4) is 17.1 Å². The van der Waals surface area contributed by atoms with Crippen molar-refractivity contribution >= 4 is 35.5 Å². The lowest BCUT2D eigenvalue weighted by molar-refractivity contribution is -0.118. The van der Waals surface area contributed by atoms with Gasteiger partial charge in [-0.1, -0.05) is 84.9 Å². The molecule has 166 valence electrons. The first-order valence-corrected chi connectivity index (χ1v) is 11.8. The molecule has 0 aliphatic rings. The fourth-order valence-electron chi connectivity index (χ4n) is 3.14. The fourth-order valence-corrected chi connectivity index (χ4v) is 4.01. The van der Waals surface area contributed by atoms with Gasteiger partial charge in [0.05, 0.1) is 12.0 Å². The van der Waals surface area contributed by atoms with Crippen LogP contribution in [0.25, 0.3) is 17.1 Å². The standard InChI is InChI=1S/C25H22ClN5OS/c1-2-18-8-10-19(11-9-18)16-27-28-23(32)17-33-25-30-29-24(20-6-4-3-5-7-20)31(25)22-14-12-21(26)13-15-22/h3-16H,2,17H2,1H3,(H,28,32)/b27-16+. The Hall–Kier alpha value is -3.42. The lowest BCUT2D eigenvalue weighted by atomic mass is 10.1. The van der Waals surface area contributed by atoms with Crippen molar-refractivity contribution in [1.29, 1.82) is 0 Å². The molecule has 8 heteroatoms. The Morgan fingerprint density at radius 2 is 1.76 bits per heavy atom. The van der Waals surface area contributed by atoms with E-state index in [0.717, 1.165) is 23.2 Å². The molecular weight excluding hydrogens is 454 g/mol. The van der Waals surface area contributed by atoms with Gasteiger partial charge in [0.1, 0.15) is 0 Å². The highest BCUT2D eigenvalue weighted by Crippen LogP contribution is 2.28. The summed E-state index contributed by atoms with van der Waals surface area (Å²) >= 11 is 7.36. The minimum absolute atomic E-state index is 0.145. The zero-order valence-electron chi connectivity index (χ0n) is 18.0. The molecule has 0 spiro atoms. The first-order chi connectivity index (χ1) is 16.1. The van der Waals surface area contributed by atoms with Crippen LogP contribution in [0, 0.1) is 0 Å². The van der Waals surface area contributed by atoms with Crippen LogP contribution in [0.3, 0.4) is 0 Å². The Kier molecular flexibility index (Phi) is 7.55. The summed E-state index contributed by atoms with van der Waals surface area (Å²) < 4.78 is 1.92. The van der Waals surface area contributed by atoms with E-state index in [2.05, 4.69) is 27.6 Å². The van der Waals surface area contributed by atoms with Gasteiger partial charge < -0.3 is 0 Å². The summed E-state index contributed by atoms with van der Waals surface area (Å²) in [5.41, 5.74) is 6.54. The van der Waals surface area contributed by atoms with E-state index in [0.29, 0.717) is 16.0 Å². The highest BCUT2D eigenvalue weighted by Gasteiger charge is 2.17. The number of nitrogens with zero attached hydrogens (tertiary/aromatic N) is 4. The number of hydrazone groups is 1. The normalized spacial score (nSPS) is 11.1. The average molecular weight is 476 g/mol. The molecule has 0 aliphatic carbocycles. The summed E-state index contributed by atoms with van der Waals surface area (Å²) in [6.45, 7) is 2.11. The van der Waals surface area contributed by atoms with Gasteiger partial charge in [0.15, 0.2) is 11.0 Å². The lowest BCUT2D eigenvalue weighted by Gasteiger charge is -2.10. The first-order valence-electron chi connectivity index (χ1n) is 10.4. The molecule has 1 aromatic heterocycles. The maximum absolute atomic E-state index is 12.4. The number of carbonyl (C=O) groups excluding carboxylic acids is 1. The van der Waals surface area contributed by atoms with E-state index in [-0.39, 0.29) is 11.7 Å². The third kappa shape index (κ3) is 5.88. The average Bonchev–Trinajstić information content (AvgIpc) is 3.28. The summed E-state index contributed by atoms with van der Waals surface area (Å²) in [6.07, 6.45) is 2.61. The number of nitrogens with one attached hydrogen (secondary N) is 1. The third-order valence-corrected chi connectivity index (χ3v) is 6.05. The third-order valence-electron chi connectivity index (χ3n) is 4.87. The van der Waals surface area contributed by atoms with Gasteiger partial charge in [-0.15, -0.1) is 10.2 Å². The number of halogens is 1. The Morgan fingerprint density at radius 1 is 1.03 bits per heavy atom. The molecule has 1 N–H and O–H groups in total. The second kappa shape index (κ2) is 10.9. The molecule has 0 aliphatic heterocycles. The molecular formula is C25H22ClN5OS. The van der Waals surface area contributed by atoms with Crippen LogP contribution in [0.2, 0.25) is 5.02 Å². The van der Waals surface area contributed by atoms with E-state index in [4.69, 9.17) is 11.6 Å². The molecule has 0 unspecified atom stereocenters. The van der Waals surface area contributed by atoms with Gasteiger partial charge in [0, 0.05) is 16.3 Å². The number of aryl methyl sites for hydroxylation is 1. The van der Waals surface area contributed by atoms with Crippen molar-refractivity contribution < 1.29 is 4.79 Å². The van der Waals surface area contributed by atoms with Crippen LogP contribution in [0.4, 0.5) is 0 Å². The quantitative estimate of drug-likeness (QED) is 0.210. The minimum atomic E-state index is -0.228. The fraction of sp³-hybridized carbons (Fsp3) is 0.120. The molecule has 0 bridgehead atoms. The number of thioether (sulfide) groups is 1. The largest absolute Gasteiger partial charge is 0.272 e. The summed E-state index contributed by atoms with van der Waals surface area (Å²) in [5.74, 6) is 0.606. The molecule has 6 nitrogen and oxygen atoms in total. The number of aromatic nitrogens is 3. The van der Waals surface area contributed by atoms with E-state index in [1.165, 1.54) is 17.3 Å². The van der Waals surface area contributed by atoms with Crippen LogP contribution >= 0.6 is 23.4 Å². The Bertz CT molecular complexity index is 1240. The molecule has 4 aromatic rings. The predicted molar refractivity (Wildman–Crippen MR) is 134 cm³/mol. The molecule has 3 aromatic carbocycles. The maximum atomic E-state index is 12.4. The highest BCUT2D eigenvalue weighted by molar-refractivity contribution is 7.99. The van der Waals surface area contributed by atoms with Gasteiger partial charge in [-0.2, -0.15) is 5.10 Å². The molecule has 4 rings (SSSR count). The first kappa shape index (κ1) is 22.8. The van der Waals surface area contributed by atoms with Crippen molar-refractivity contribution in [2.45, 2.75) is 18.5 Å². The molecule has 0 radical (unpaired) electrons. The minimum Gasteiger partial charge on any atom is -0.272 e. The van der Waals surface area contributed by atoms with Crippen molar-refractivity contribution in [3.63, 3.8) is 0 Å². The smallest absolute Gasteiger partial charge is 0.250 e. The van der Waals surface area contributed by atoms with Crippen LogP contribution in [-0.4, -0.2) is 32.6 Å². The molecule has 0 fully saturated rings. The zero-order valence-corrected chi connectivity index (χ0v) is 19.6. The molecule has 33 heavy (non-hydrogen) atoms. The van der Waals surface area contributed by atoms with Gasteiger partial charge in [-0.25, -0.2) is 5.43 Å². The molecule has 0 saturated heterocycles. The monoisotopic (exact) mass is 475 g/mol. The Balaban J connectivity index is 1.47. The van der Waals surface area contributed by atoms with Crippen LogP contribution in [-0.2, 0) is 11.2 Å². The van der Waals surface area contributed by atoms with E-state index in [1.54, 1.807) is 6.21 Å². The van der Waals surface area contributed by atoms with Crippen molar-refractivity contribution in [1.82, 2.24) is 20.2 Å². The summed E-state index contributed by atoms with van der Waals surface area (Å²) in [4.78, 5) is 12.4. The van der Waals surface area contributed by atoms with Crippen molar-refractivity contribution in [3.05, 3.63) is 95.0 Å². The molecule has 1 heterocycles. The van der Waals surface area contributed by atoms with Gasteiger partial charge in [0.2, 0.25) is 0 Å². The van der Waals surface area contributed by atoms with Crippen LogP contribution in [0.15, 0.2) is 89.1 Å². The lowest BCUT2D eigenvalue weighted by Crippen LogP contribution is -2.20. The Labute approximate surface area is 201 Å².